The lowest BCUT2D eigenvalue weighted by Crippen LogP contribution is -1.81. The number of hydrogen-bond acceptors (Lipinski definition) is 0. The Labute approximate surface area is 96.1 Å². The average molecular weight is 209 g/mol. The van der Waals surface area contributed by atoms with E-state index in [1.807, 2.05) is 6.08 Å². The molecule has 1 heteroatoms. The molecule has 0 unspecified atom stereocenters. The number of allylic oxidation sites excluding steroid dienone is 1. The summed E-state index contributed by atoms with van der Waals surface area (Å²) in [6, 6.07) is 0. The summed E-state index contributed by atoms with van der Waals surface area (Å²) < 4.78 is 0. The van der Waals surface area contributed by atoms with Gasteiger partial charge in [0.25, 0.3) is 0 Å². The molecule has 0 aliphatic heterocycles. The van der Waals surface area contributed by atoms with Gasteiger partial charge in [-0.05, 0) is 12.8 Å². The fraction of sp³-hybridized carbons (Fsp3) is 0.857. The Morgan fingerprint density at radius 1 is 0.733 bits per heavy atom. The predicted molar refractivity (Wildman–Crippen MR) is 67.7 cm³/mol. The summed E-state index contributed by atoms with van der Waals surface area (Å²) >= 11 is 0. The third-order valence-electron chi connectivity index (χ3n) is 2.83. The molecule has 0 aromatic carbocycles. The number of rotatable bonds is 11. The maximum atomic E-state index is 8.43. The van der Waals surface area contributed by atoms with Gasteiger partial charge in [-0.1, -0.05) is 70.8 Å². The summed E-state index contributed by atoms with van der Waals surface area (Å²) in [7, 11) is 0. The van der Waals surface area contributed by atoms with E-state index >= 15 is 0 Å². The molecule has 0 bridgehead atoms. The van der Waals surface area contributed by atoms with Gasteiger partial charge in [0.15, 0.2) is 0 Å². The van der Waals surface area contributed by atoms with Crippen LogP contribution in [-0.4, -0.2) is 0 Å². The van der Waals surface area contributed by atoms with Crippen LogP contribution in [0.1, 0.15) is 77.6 Å². The lowest BCUT2D eigenvalue weighted by molar-refractivity contribution is 0.557. The molecule has 1 nitrogen and oxygen atoms in total. The molecule has 0 aromatic rings. The molecule has 0 amide bonds. The minimum atomic E-state index is 1.03. The van der Waals surface area contributed by atoms with Crippen LogP contribution in [0.3, 0.4) is 0 Å². The Hall–Kier alpha value is -0.460. The van der Waals surface area contributed by atoms with E-state index in [4.69, 9.17) is 5.73 Å². The second-order valence-electron chi connectivity index (χ2n) is 4.36. The standard InChI is InChI=1S/C14H27N/c1-2-3-4-5-6-7-8-9-10-11-12-13-14-15/h13-14H,2-12H2,1H3/b14-13+. The van der Waals surface area contributed by atoms with E-state index in [-0.39, 0.29) is 0 Å². The van der Waals surface area contributed by atoms with Crippen molar-refractivity contribution < 1.29 is 0 Å². The third-order valence-corrected chi connectivity index (χ3v) is 2.83. The monoisotopic (exact) mass is 209 g/mol. The Bertz CT molecular complexity index is 129. The quantitative estimate of drug-likeness (QED) is 0.433. The molecule has 2 radical (unpaired) electrons. The minimum absolute atomic E-state index is 1.03. The largest absolute Gasteiger partial charge is 0.160 e. The summed E-state index contributed by atoms with van der Waals surface area (Å²) in [5.74, 6) is 0. The zero-order valence-electron chi connectivity index (χ0n) is 10.4. The molecule has 0 saturated heterocycles. The van der Waals surface area contributed by atoms with Gasteiger partial charge in [0.05, 0.1) is 0 Å². The van der Waals surface area contributed by atoms with E-state index in [1.54, 1.807) is 0 Å². The van der Waals surface area contributed by atoms with Crippen LogP contribution in [0.25, 0.3) is 0 Å². The molecule has 0 fully saturated rings. The van der Waals surface area contributed by atoms with Crippen molar-refractivity contribution in [1.82, 2.24) is 5.73 Å². The fourth-order valence-corrected chi connectivity index (χ4v) is 1.82. The van der Waals surface area contributed by atoms with E-state index in [9.17, 15) is 0 Å². The summed E-state index contributed by atoms with van der Waals surface area (Å²) in [6.45, 7) is 2.26. The Kier molecular flexibility index (Phi) is 13.1. The molecule has 88 valence electrons. The zero-order chi connectivity index (χ0) is 11.2. The van der Waals surface area contributed by atoms with E-state index in [0.29, 0.717) is 0 Å². The minimum Gasteiger partial charge on any atom is -0.160 e. The van der Waals surface area contributed by atoms with E-state index in [1.165, 1.54) is 64.2 Å². The maximum absolute atomic E-state index is 8.43. The van der Waals surface area contributed by atoms with Crippen molar-refractivity contribution in [2.75, 3.05) is 0 Å². The molecule has 0 aromatic heterocycles. The van der Waals surface area contributed by atoms with E-state index in [2.05, 4.69) is 6.92 Å². The van der Waals surface area contributed by atoms with Gasteiger partial charge in [0, 0.05) is 6.20 Å². The first-order chi connectivity index (χ1) is 7.41. The first kappa shape index (κ1) is 14.5. The average Bonchev–Trinajstić information content (AvgIpc) is 2.26. The number of nitrogens with zero attached hydrogens (tertiary/aromatic N) is 1. The van der Waals surface area contributed by atoms with E-state index < -0.39 is 0 Å². The first-order valence-electron chi connectivity index (χ1n) is 6.71. The summed E-state index contributed by atoms with van der Waals surface area (Å²) in [5, 5.41) is 0. The number of hydrogen-bond donors (Lipinski definition) is 0. The predicted octanol–water partition coefficient (Wildman–Crippen LogP) is 4.88. The van der Waals surface area contributed by atoms with Crippen LogP contribution in [0.5, 0.6) is 0 Å². The zero-order valence-corrected chi connectivity index (χ0v) is 10.4. The lowest BCUT2D eigenvalue weighted by Gasteiger charge is -2.00. The van der Waals surface area contributed by atoms with Gasteiger partial charge in [-0.25, -0.2) is 0 Å². The molecule has 0 atom stereocenters. The first-order valence-corrected chi connectivity index (χ1v) is 6.71. The van der Waals surface area contributed by atoms with Crippen molar-refractivity contribution in [3.05, 3.63) is 12.3 Å². The second kappa shape index (κ2) is 13.5. The molecule has 0 aliphatic carbocycles. The number of unbranched alkanes of at least 4 members (excludes halogenated alkanes) is 10. The second-order valence-corrected chi connectivity index (χ2v) is 4.36. The molecule has 0 spiro atoms. The Morgan fingerprint density at radius 2 is 1.20 bits per heavy atom. The fourth-order valence-electron chi connectivity index (χ4n) is 1.82. The SMILES string of the molecule is CCCCCCCCCCCC/C=C/[N]. The van der Waals surface area contributed by atoms with Crippen LogP contribution in [0, 0.1) is 0 Å². The van der Waals surface area contributed by atoms with Crippen molar-refractivity contribution in [2.45, 2.75) is 77.6 Å². The van der Waals surface area contributed by atoms with Gasteiger partial charge in [0.2, 0.25) is 0 Å². The van der Waals surface area contributed by atoms with Crippen LogP contribution < -0.4 is 5.73 Å². The Morgan fingerprint density at radius 3 is 1.67 bits per heavy atom. The molecule has 0 N–H and O–H groups in total. The van der Waals surface area contributed by atoms with Gasteiger partial charge in [-0.15, -0.1) is 0 Å². The van der Waals surface area contributed by atoms with Gasteiger partial charge >= 0.3 is 0 Å². The van der Waals surface area contributed by atoms with Crippen LogP contribution >= 0.6 is 0 Å². The van der Waals surface area contributed by atoms with Crippen molar-refractivity contribution in [1.29, 1.82) is 0 Å². The van der Waals surface area contributed by atoms with Crippen molar-refractivity contribution in [2.24, 2.45) is 0 Å². The van der Waals surface area contributed by atoms with Gasteiger partial charge in [-0.2, -0.15) is 5.73 Å². The normalized spacial score (nSPS) is 11.3. The molecular formula is C14H27N. The molecular weight excluding hydrogens is 182 g/mol. The molecule has 0 heterocycles. The van der Waals surface area contributed by atoms with Crippen LogP contribution in [0.15, 0.2) is 12.3 Å². The van der Waals surface area contributed by atoms with Crippen molar-refractivity contribution in [3.8, 4) is 0 Å². The smallest absolute Gasteiger partial charge is 0.0455 e. The van der Waals surface area contributed by atoms with Gasteiger partial charge in [-0.3, -0.25) is 0 Å². The van der Waals surface area contributed by atoms with Gasteiger partial charge < -0.3 is 0 Å². The third kappa shape index (κ3) is 13.5. The van der Waals surface area contributed by atoms with Crippen LogP contribution in [0.4, 0.5) is 0 Å². The summed E-state index contributed by atoms with van der Waals surface area (Å²) in [5.41, 5.74) is 8.43. The Balaban J connectivity index is 2.86. The highest BCUT2D eigenvalue weighted by molar-refractivity contribution is 4.74. The molecule has 0 rings (SSSR count). The topological polar surface area (TPSA) is 22.3 Å². The lowest BCUT2D eigenvalue weighted by atomic mass is 10.1. The van der Waals surface area contributed by atoms with Crippen molar-refractivity contribution >= 4 is 0 Å². The van der Waals surface area contributed by atoms with Crippen molar-refractivity contribution in [3.63, 3.8) is 0 Å². The molecule has 0 aliphatic rings. The highest BCUT2D eigenvalue weighted by Gasteiger charge is 1.91. The summed E-state index contributed by atoms with van der Waals surface area (Å²) in [4.78, 5) is 0. The maximum Gasteiger partial charge on any atom is 0.0455 e. The molecule has 15 heavy (non-hydrogen) atoms. The van der Waals surface area contributed by atoms with E-state index in [0.717, 1.165) is 12.6 Å². The van der Waals surface area contributed by atoms with Crippen LogP contribution in [0.2, 0.25) is 0 Å². The molecule has 0 saturated carbocycles. The highest BCUT2D eigenvalue weighted by Crippen LogP contribution is 2.11. The highest BCUT2D eigenvalue weighted by atomic mass is 14.5. The van der Waals surface area contributed by atoms with Crippen LogP contribution in [-0.2, 0) is 0 Å². The van der Waals surface area contributed by atoms with Gasteiger partial charge in [0.1, 0.15) is 0 Å². The summed E-state index contributed by atoms with van der Waals surface area (Å²) in [6.07, 6.45) is 17.8.